The van der Waals surface area contributed by atoms with E-state index in [1.165, 1.54) is 0 Å². The van der Waals surface area contributed by atoms with Gasteiger partial charge in [0.15, 0.2) is 5.82 Å². The molecule has 0 aliphatic rings. The van der Waals surface area contributed by atoms with Crippen LogP contribution in [0.5, 0.6) is 6.01 Å². The summed E-state index contributed by atoms with van der Waals surface area (Å²) in [6.45, 7) is 0. The summed E-state index contributed by atoms with van der Waals surface area (Å²) >= 11 is 0. The number of aromatic hydroxyl groups is 1. The smallest absolute Gasteiger partial charge is 0.318 e. The van der Waals surface area contributed by atoms with Gasteiger partial charge >= 0.3 is 6.01 Å². The Balaban J connectivity index is 2.48. The van der Waals surface area contributed by atoms with Gasteiger partial charge in [-0.1, -0.05) is 30.3 Å². The Labute approximate surface area is 74.9 Å². The number of benzene rings is 1. The lowest BCUT2D eigenvalue weighted by molar-refractivity contribution is 0.428. The summed E-state index contributed by atoms with van der Waals surface area (Å²) in [7, 11) is 0. The predicted molar refractivity (Wildman–Crippen MR) is 45.8 cm³/mol. The molecule has 0 saturated heterocycles. The highest BCUT2D eigenvalue weighted by Gasteiger charge is 2.00. The molecule has 4 heteroatoms. The molecule has 0 bridgehead atoms. The minimum absolute atomic E-state index is 0.311. The zero-order valence-electron chi connectivity index (χ0n) is 6.68. The SMILES string of the molecule is Oc1n[c]nc(-c2ccccc2)n1. The van der Waals surface area contributed by atoms with E-state index >= 15 is 0 Å². The van der Waals surface area contributed by atoms with Crippen molar-refractivity contribution < 1.29 is 5.11 Å². The van der Waals surface area contributed by atoms with Gasteiger partial charge in [0.1, 0.15) is 0 Å². The molecule has 0 atom stereocenters. The first-order valence-corrected chi connectivity index (χ1v) is 3.73. The van der Waals surface area contributed by atoms with Crippen LogP contribution in [0.4, 0.5) is 0 Å². The minimum Gasteiger partial charge on any atom is -0.479 e. The van der Waals surface area contributed by atoms with E-state index in [2.05, 4.69) is 21.3 Å². The first-order valence-electron chi connectivity index (χ1n) is 3.73. The van der Waals surface area contributed by atoms with Crippen molar-refractivity contribution in [2.75, 3.05) is 0 Å². The van der Waals surface area contributed by atoms with E-state index in [1.54, 1.807) is 0 Å². The second-order valence-electron chi connectivity index (χ2n) is 2.43. The maximum absolute atomic E-state index is 8.98. The van der Waals surface area contributed by atoms with E-state index in [0.717, 1.165) is 5.56 Å². The van der Waals surface area contributed by atoms with Gasteiger partial charge in [-0.2, -0.15) is 9.97 Å². The van der Waals surface area contributed by atoms with Gasteiger partial charge in [-0.25, -0.2) is 4.98 Å². The van der Waals surface area contributed by atoms with Crippen molar-refractivity contribution in [3.8, 4) is 17.4 Å². The zero-order valence-corrected chi connectivity index (χ0v) is 6.68. The molecule has 0 saturated carbocycles. The molecule has 63 valence electrons. The van der Waals surface area contributed by atoms with E-state index in [-0.39, 0.29) is 6.01 Å². The van der Waals surface area contributed by atoms with Gasteiger partial charge in [-0.3, -0.25) is 0 Å². The fraction of sp³-hybridized carbons (Fsp3) is 0. The lowest BCUT2D eigenvalue weighted by Crippen LogP contribution is -1.90. The van der Waals surface area contributed by atoms with Crippen molar-refractivity contribution in [3.63, 3.8) is 0 Å². The molecule has 4 nitrogen and oxygen atoms in total. The fourth-order valence-electron chi connectivity index (χ4n) is 0.978. The molecule has 0 fully saturated rings. The van der Waals surface area contributed by atoms with Crippen molar-refractivity contribution >= 4 is 0 Å². The molecule has 1 aromatic carbocycles. The molecule has 0 aliphatic carbocycles. The molecule has 2 aromatic rings. The van der Waals surface area contributed by atoms with E-state index in [4.69, 9.17) is 5.11 Å². The average molecular weight is 172 g/mol. The highest BCUT2D eigenvalue weighted by atomic mass is 16.3. The Morgan fingerprint density at radius 2 is 1.85 bits per heavy atom. The van der Waals surface area contributed by atoms with E-state index < -0.39 is 0 Å². The number of rotatable bonds is 1. The Morgan fingerprint density at radius 3 is 2.54 bits per heavy atom. The van der Waals surface area contributed by atoms with Crippen LogP contribution in [0.2, 0.25) is 0 Å². The van der Waals surface area contributed by atoms with Crippen LogP contribution in [-0.4, -0.2) is 20.1 Å². The van der Waals surface area contributed by atoms with Crippen molar-refractivity contribution in [2.45, 2.75) is 0 Å². The molecular formula is C9H6N3O. The normalized spacial score (nSPS) is 9.85. The largest absolute Gasteiger partial charge is 0.479 e. The fourth-order valence-corrected chi connectivity index (χ4v) is 0.978. The molecular weight excluding hydrogens is 166 g/mol. The average Bonchev–Trinajstić information content (AvgIpc) is 2.19. The predicted octanol–water partition coefficient (Wildman–Crippen LogP) is 1.04. The summed E-state index contributed by atoms with van der Waals surface area (Å²) in [5.41, 5.74) is 0.830. The Bertz CT molecular complexity index is 403. The second-order valence-corrected chi connectivity index (χ2v) is 2.43. The summed E-state index contributed by atoms with van der Waals surface area (Å²) in [5, 5.41) is 8.98. The molecule has 13 heavy (non-hydrogen) atoms. The molecule has 2 rings (SSSR count). The molecule has 0 aliphatic heterocycles. The number of aromatic nitrogens is 3. The minimum atomic E-state index is -0.311. The first kappa shape index (κ1) is 7.67. The third-order valence-electron chi connectivity index (χ3n) is 1.54. The zero-order chi connectivity index (χ0) is 9.10. The van der Waals surface area contributed by atoms with Crippen LogP contribution in [0.25, 0.3) is 11.4 Å². The van der Waals surface area contributed by atoms with Gasteiger partial charge in [-0.15, -0.1) is 0 Å². The number of hydrogen-bond donors (Lipinski definition) is 1. The van der Waals surface area contributed by atoms with Gasteiger partial charge < -0.3 is 5.11 Å². The standard InChI is InChI=1S/C9H6N3O/c13-9-11-6-10-8(12-9)7-4-2-1-3-5-7/h1-5H,(H,10,11,12,13). The van der Waals surface area contributed by atoms with Gasteiger partial charge in [-0.05, 0) is 0 Å². The number of hydrogen-bond acceptors (Lipinski definition) is 4. The van der Waals surface area contributed by atoms with E-state index in [0.29, 0.717) is 5.82 Å². The van der Waals surface area contributed by atoms with Gasteiger partial charge in [0, 0.05) is 5.56 Å². The topological polar surface area (TPSA) is 58.9 Å². The lowest BCUT2D eigenvalue weighted by Gasteiger charge is -1.96. The second kappa shape index (κ2) is 3.18. The molecule has 1 radical (unpaired) electrons. The summed E-state index contributed by atoms with van der Waals surface area (Å²) in [5.74, 6) is 0.424. The lowest BCUT2D eigenvalue weighted by atomic mass is 10.2. The molecule has 0 amide bonds. The van der Waals surface area contributed by atoms with Crippen molar-refractivity contribution in [1.29, 1.82) is 0 Å². The van der Waals surface area contributed by atoms with Crippen molar-refractivity contribution in [1.82, 2.24) is 15.0 Å². The van der Waals surface area contributed by atoms with Gasteiger partial charge in [0.05, 0.1) is 0 Å². The highest BCUT2D eigenvalue weighted by molar-refractivity contribution is 5.53. The Kier molecular flexibility index (Phi) is 1.88. The summed E-state index contributed by atoms with van der Waals surface area (Å²) in [4.78, 5) is 10.9. The van der Waals surface area contributed by atoms with Crippen LogP contribution in [0.3, 0.4) is 0 Å². The summed E-state index contributed by atoms with van der Waals surface area (Å²) in [6.07, 6.45) is 2.32. The van der Waals surface area contributed by atoms with Crippen molar-refractivity contribution in [2.24, 2.45) is 0 Å². The Hall–Kier alpha value is -1.97. The summed E-state index contributed by atoms with van der Waals surface area (Å²) in [6, 6.07) is 9.03. The molecule has 1 N–H and O–H groups in total. The molecule has 1 heterocycles. The third-order valence-corrected chi connectivity index (χ3v) is 1.54. The van der Waals surface area contributed by atoms with Crippen LogP contribution < -0.4 is 0 Å². The highest BCUT2D eigenvalue weighted by Crippen LogP contribution is 2.13. The van der Waals surface area contributed by atoms with Crippen LogP contribution in [0, 0.1) is 6.33 Å². The molecule has 1 aromatic heterocycles. The molecule has 0 spiro atoms. The van der Waals surface area contributed by atoms with Crippen LogP contribution in [0.1, 0.15) is 0 Å². The van der Waals surface area contributed by atoms with Crippen molar-refractivity contribution in [3.05, 3.63) is 36.7 Å². The van der Waals surface area contributed by atoms with Crippen LogP contribution >= 0.6 is 0 Å². The summed E-state index contributed by atoms with van der Waals surface area (Å²) < 4.78 is 0. The quantitative estimate of drug-likeness (QED) is 0.698. The van der Waals surface area contributed by atoms with Gasteiger partial charge in [0.2, 0.25) is 6.33 Å². The maximum Gasteiger partial charge on any atom is 0.318 e. The van der Waals surface area contributed by atoms with E-state index in [1.807, 2.05) is 30.3 Å². The van der Waals surface area contributed by atoms with Crippen LogP contribution in [-0.2, 0) is 0 Å². The van der Waals surface area contributed by atoms with Crippen LogP contribution in [0.15, 0.2) is 30.3 Å². The third kappa shape index (κ3) is 1.61. The molecule has 0 unspecified atom stereocenters. The Morgan fingerprint density at radius 1 is 1.08 bits per heavy atom. The maximum atomic E-state index is 8.98. The monoisotopic (exact) mass is 172 g/mol. The van der Waals surface area contributed by atoms with Gasteiger partial charge in [0.25, 0.3) is 0 Å². The number of nitrogens with zero attached hydrogens (tertiary/aromatic N) is 3. The van der Waals surface area contributed by atoms with E-state index in [9.17, 15) is 0 Å². The first-order chi connectivity index (χ1) is 6.36.